The van der Waals surface area contributed by atoms with Crippen molar-refractivity contribution in [2.24, 2.45) is 7.05 Å². The largest absolute Gasteiger partial charge is 0.287 e. The second-order valence-corrected chi connectivity index (χ2v) is 9.00. The molecule has 4 nitrogen and oxygen atoms in total. The van der Waals surface area contributed by atoms with Crippen LogP contribution < -0.4 is 4.57 Å². The second kappa shape index (κ2) is 7.84. The highest BCUT2D eigenvalue weighted by atomic mass is 15.0. The zero-order valence-corrected chi connectivity index (χ0v) is 18.8. The number of nitrogens with zero attached hydrogens (tertiary/aromatic N) is 4. The molecule has 0 spiro atoms. The van der Waals surface area contributed by atoms with Gasteiger partial charge in [0.2, 0.25) is 0 Å². The van der Waals surface area contributed by atoms with Gasteiger partial charge in [-0.1, -0.05) is 30.5 Å². The van der Waals surface area contributed by atoms with Crippen LogP contribution in [0, 0.1) is 20.8 Å². The van der Waals surface area contributed by atoms with Gasteiger partial charge in [0.05, 0.1) is 30.0 Å². The quantitative estimate of drug-likeness (QED) is 0.404. The number of hydrogen-bond acceptors (Lipinski definition) is 3. The summed E-state index contributed by atoms with van der Waals surface area (Å²) in [6.45, 7) is 6.54. The molecule has 156 valence electrons. The number of benzene rings is 2. The molecule has 0 saturated heterocycles. The highest BCUT2D eigenvalue weighted by Crippen LogP contribution is 2.34. The molecule has 0 atom stereocenters. The molecule has 0 amide bonds. The normalized spacial score (nSPS) is 14.5. The summed E-state index contributed by atoms with van der Waals surface area (Å²) >= 11 is 0. The maximum Gasteiger partial charge on any atom is 0.287 e. The van der Waals surface area contributed by atoms with Crippen molar-refractivity contribution in [2.45, 2.75) is 52.4 Å². The van der Waals surface area contributed by atoms with E-state index in [1.165, 1.54) is 53.6 Å². The molecule has 2 aromatic heterocycles. The monoisotopic (exact) mass is 409 g/mol. The first-order chi connectivity index (χ1) is 15.0. The van der Waals surface area contributed by atoms with E-state index >= 15 is 0 Å². The average molecular weight is 410 g/mol. The smallest absolute Gasteiger partial charge is 0.257 e. The predicted molar refractivity (Wildman–Crippen MR) is 125 cm³/mol. The minimum Gasteiger partial charge on any atom is -0.257 e. The van der Waals surface area contributed by atoms with Gasteiger partial charge in [-0.15, -0.1) is 0 Å². The molecule has 1 saturated carbocycles. The Bertz CT molecular complexity index is 1270. The van der Waals surface area contributed by atoms with E-state index in [2.05, 4.69) is 62.7 Å². The SMILES string of the molecule is Cc1cc(C)c(C)c(-c2c3ccc(-c4cnc(C5CCCC5)cn4)cc3nc[n+]2C)c1. The molecule has 0 aliphatic heterocycles. The van der Waals surface area contributed by atoms with Gasteiger partial charge in [0.1, 0.15) is 5.69 Å². The third-order valence-electron chi connectivity index (χ3n) is 6.78. The van der Waals surface area contributed by atoms with Crippen LogP contribution in [0.15, 0.2) is 49.1 Å². The zero-order chi connectivity index (χ0) is 21.5. The lowest BCUT2D eigenvalue weighted by Crippen LogP contribution is -2.32. The van der Waals surface area contributed by atoms with Crippen LogP contribution in [0.25, 0.3) is 33.4 Å². The van der Waals surface area contributed by atoms with Gasteiger partial charge in [-0.05, 0) is 67.9 Å². The molecule has 1 aliphatic rings. The Balaban J connectivity index is 1.58. The van der Waals surface area contributed by atoms with Crippen molar-refractivity contribution in [3.8, 4) is 22.5 Å². The van der Waals surface area contributed by atoms with Crippen molar-refractivity contribution >= 4 is 10.9 Å². The fourth-order valence-electron chi connectivity index (χ4n) is 4.93. The van der Waals surface area contributed by atoms with Gasteiger partial charge in [-0.25, -0.2) is 4.57 Å². The van der Waals surface area contributed by atoms with Crippen LogP contribution in [0.4, 0.5) is 0 Å². The van der Waals surface area contributed by atoms with Gasteiger partial charge in [-0.2, -0.15) is 0 Å². The Kier molecular flexibility index (Phi) is 5.01. The van der Waals surface area contributed by atoms with Gasteiger partial charge in [0, 0.05) is 23.2 Å². The maximum absolute atomic E-state index is 4.74. The molecule has 2 aromatic carbocycles. The minimum atomic E-state index is 0.586. The molecular formula is C27H29N4+. The predicted octanol–water partition coefficient (Wildman–Crippen LogP) is 5.77. The van der Waals surface area contributed by atoms with Crippen LogP contribution >= 0.6 is 0 Å². The Labute approximate surface area is 184 Å². The summed E-state index contributed by atoms with van der Waals surface area (Å²) < 4.78 is 2.12. The molecule has 0 unspecified atom stereocenters. The van der Waals surface area contributed by atoms with Gasteiger partial charge in [0.25, 0.3) is 6.33 Å². The Morgan fingerprint density at radius 3 is 2.45 bits per heavy atom. The van der Waals surface area contributed by atoms with Gasteiger partial charge in [0.15, 0.2) is 5.52 Å². The van der Waals surface area contributed by atoms with E-state index in [0.29, 0.717) is 5.92 Å². The average Bonchev–Trinajstić information content (AvgIpc) is 3.31. The molecule has 1 aliphatic carbocycles. The van der Waals surface area contributed by atoms with Crippen molar-refractivity contribution in [3.05, 3.63) is 71.4 Å². The van der Waals surface area contributed by atoms with Gasteiger partial charge in [-0.3, -0.25) is 9.97 Å². The van der Waals surface area contributed by atoms with Crippen LogP contribution in [0.5, 0.6) is 0 Å². The van der Waals surface area contributed by atoms with Crippen molar-refractivity contribution in [1.29, 1.82) is 0 Å². The van der Waals surface area contributed by atoms with E-state index < -0.39 is 0 Å². The summed E-state index contributed by atoms with van der Waals surface area (Å²) in [5.74, 6) is 0.586. The van der Waals surface area contributed by atoms with E-state index in [4.69, 9.17) is 15.0 Å². The van der Waals surface area contributed by atoms with Crippen LogP contribution in [-0.4, -0.2) is 15.0 Å². The molecule has 5 rings (SSSR count). The summed E-state index contributed by atoms with van der Waals surface area (Å²) in [5.41, 5.74) is 10.4. The first-order valence-corrected chi connectivity index (χ1v) is 11.2. The van der Waals surface area contributed by atoms with Crippen molar-refractivity contribution in [3.63, 3.8) is 0 Å². The van der Waals surface area contributed by atoms with E-state index in [0.717, 1.165) is 27.9 Å². The third-order valence-corrected chi connectivity index (χ3v) is 6.78. The van der Waals surface area contributed by atoms with Crippen LogP contribution in [-0.2, 0) is 7.05 Å². The highest BCUT2D eigenvalue weighted by molar-refractivity contribution is 5.93. The first kappa shape index (κ1) is 19.8. The van der Waals surface area contributed by atoms with Crippen molar-refractivity contribution < 1.29 is 4.57 Å². The van der Waals surface area contributed by atoms with Crippen LogP contribution in [0.2, 0.25) is 0 Å². The van der Waals surface area contributed by atoms with E-state index in [1.54, 1.807) is 0 Å². The fourth-order valence-corrected chi connectivity index (χ4v) is 4.93. The van der Waals surface area contributed by atoms with E-state index in [-0.39, 0.29) is 0 Å². The topological polar surface area (TPSA) is 42.6 Å². The maximum atomic E-state index is 4.74. The van der Waals surface area contributed by atoms with Crippen LogP contribution in [0.1, 0.15) is 54.0 Å². The molecule has 1 fully saturated rings. The van der Waals surface area contributed by atoms with E-state index in [9.17, 15) is 0 Å². The first-order valence-electron chi connectivity index (χ1n) is 11.2. The Morgan fingerprint density at radius 2 is 1.71 bits per heavy atom. The summed E-state index contributed by atoms with van der Waals surface area (Å²) in [7, 11) is 2.07. The van der Waals surface area contributed by atoms with Gasteiger partial charge >= 0.3 is 0 Å². The molecule has 4 heteroatoms. The lowest BCUT2D eigenvalue weighted by atomic mass is 9.95. The number of aryl methyl sites for hydroxylation is 3. The molecule has 31 heavy (non-hydrogen) atoms. The Morgan fingerprint density at radius 1 is 0.903 bits per heavy atom. The summed E-state index contributed by atoms with van der Waals surface area (Å²) in [6.07, 6.45) is 10.9. The zero-order valence-electron chi connectivity index (χ0n) is 18.8. The number of fused-ring (bicyclic) bond motifs is 1. The summed E-state index contributed by atoms with van der Waals surface area (Å²) in [6, 6.07) is 11.0. The molecular weight excluding hydrogens is 380 g/mol. The lowest BCUT2D eigenvalue weighted by molar-refractivity contribution is -0.662. The number of hydrogen-bond donors (Lipinski definition) is 0. The lowest BCUT2D eigenvalue weighted by Gasteiger charge is -2.13. The van der Waals surface area contributed by atoms with Gasteiger partial charge < -0.3 is 0 Å². The minimum absolute atomic E-state index is 0.586. The fraction of sp³-hybridized carbons (Fsp3) is 0.333. The standard InChI is InChI=1S/C27H29N4/c1-17-11-18(2)19(3)23(12-17)27-22-10-9-21(13-24(22)30-16-31(27)4)26-15-28-25(14-29-26)20-7-5-6-8-20/h9-16,20H,5-8H2,1-4H3/q+1. The highest BCUT2D eigenvalue weighted by Gasteiger charge is 2.20. The molecule has 0 radical (unpaired) electrons. The van der Waals surface area contributed by atoms with E-state index in [1.807, 2.05) is 18.7 Å². The molecule has 0 N–H and O–H groups in total. The second-order valence-electron chi connectivity index (χ2n) is 9.00. The van der Waals surface area contributed by atoms with Crippen molar-refractivity contribution in [2.75, 3.05) is 0 Å². The number of rotatable bonds is 3. The number of aromatic nitrogens is 4. The van der Waals surface area contributed by atoms with Crippen molar-refractivity contribution in [1.82, 2.24) is 15.0 Å². The molecule has 2 heterocycles. The summed E-state index contributed by atoms with van der Waals surface area (Å²) in [5, 5.41) is 1.15. The molecule has 4 aromatic rings. The Hall–Kier alpha value is -3.14. The summed E-state index contributed by atoms with van der Waals surface area (Å²) in [4.78, 5) is 14.2. The van der Waals surface area contributed by atoms with Crippen LogP contribution in [0.3, 0.4) is 0 Å². The third kappa shape index (κ3) is 3.60. The molecule has 0 bridgehead atoms.